The van der Waals surface area contributed by atoms with Crippen LogP contribution in [0.5, 0.6) is 0 Å². The summed E-state index contributed by atoms with van der Waals surface area (Å²) in [5.74, 6) is 0. The summed E-state index contributed by atoms with van der Waals surface area (Å²) in [4.78, 5) is 6.68. The number of nitrogens with one attached hydrogen (secondary N) is 1. The van der Waals surface area contributed by atoms with Crippen molar-refractivity contribution in [1.29, 1.82) is 0 Å². The van der Waals surface area contributed by atoms with Gasteiger partial charge in [0.1, 0.15) is 4.64 Å². The maximum Gasteiger partial charge on any atom is 0.416 e. The number of nitrogens with zero attached hydrogens (tertiary/aromatic N) is 1. The highest BCUT2D eigenvalue weighted by atomic mass is 32.1. The Bertz CT molecular complexity index is 632. The molecule has 0 atom stereocenters. The van der Waals surface area contributed by atoms with Gasteiger partial charge in [-0.25, -0.2) is 0 Å². The van der Waals surface area contributed by atoms with Crippen molar-refractivity contribution in [2.45, 2.75) is 13.1 Å². The van der Waals surface area contributed by atoms with E-state index in [1.807, 2.05) is 6.92 Å². The number of alkyl halides is 3. The van der Waals surface area contributed by atoms with E-state index in [4.69, 9.17) is 12.2 Å². The molecule has 0 bridgehead atoms. The van der Waals surface area contributed by atoms with Gasteiger partial charge >= 0.3 is 6.18 Å². The number of rotatable bonds is 1. The van der Waals surface area contributed by atoms with Crippen LogP contribution < -0.4 is 0 Å². The summed E-state index contributed by atoms with van der Waals surface area (Å²) in [5, 5.41) is 0. The fourth-order valence-electron chi connectivity index (χ4n) is 1.56. The predicted molar refractivity (Wildman–Crippen MR) is 64.6 cm³/mol. The fraction of sp³-hybridized carbons (Fsp3) is 0.167. The van der Waals surface area contributed by atoms with Crippen LogP contribution in [0.2, 0.25) is 0 Å². The van der Waals surface area contributed by atoms with Gasteiger partial charge in [0.05, 0.1) is 5.56 Å². The van der Waals surface area contributed by atoms with E-state index >= 15 is 0 Å². The van der Waals surface area contributed by atoms with Crippen LogP contribution in [-0.4, -0.2) is 9.97 Å². The lowest BCUT2D eigenvalue weighted by Gasteiger charge is -2.09. The van der Waals surface area contributed by atoms with Crippen molar-refractivity contribution >= 4 is 12.2 Å². The molecule has 0 amide bonds. The molecule has 94 valence electrons. The first-order valence-electron chi connectivity index (χ1n) is 5.10. The van der Waals surface area contributed by atoms with E-state index < -0.39 is 11.7 Å². The Morgan fingerprint density at radius 3 is 2.50 bits per heavy atom. The Morgan fingerprint density at radius 1 is 1.17 bits per heavy atom. The molecule has 0 saturated carbocycles. The molecule has 2 nitrogen and oxygen atoms in total. The van der Waals surface area contributed by atoms with Gasteiger partial charge in [0.2, 0.25) is 0 Å². The van der Waals surface area contributed by atoms with Crippen molar-refractivity contribution in [3.63, 3.8) is 0 Å². The minimum atomic E-state index is -4.41. The van der Waals surface area contributed by atoms with Crippen molar-refractivity contribution in [2.24, 2.45) is 0 Å². The first-order valence-corrected chi connectivity index (χ1v) is 5.51. The third kappa shape index (κ3) is 2.76. The highest BCUT2D eigenvalue weighted by molar-refractivity contribution is 7.71. The predicted octanol–water partition coefficient (Wildman–Crippen LogP) is 4.13. The van der Waals surface area contributed by atoms with E-state index in [0.29, 0.717) is 11.3 Å². The van der Waals surface area contributed by atoms with Gasteiger partial charge in [0, 0.05) is 23.7 Å². The molecule has 0 radical (unpaired) electrons. The van der Waals surface area contributed by atoms with Gasteiger partial charge in [-0.3, -0.25) is 4.98 Å². The molecule has 0 aliphatic heterocycles. The topological polar surface area (TPSA) is 28.7 Å². The maximum atomic E-state index is 12.7. The molecule has 0 unspecified atom stereocenters. The largest absolute Gasteiger partial charge is 0.416 e. The molecular weight excluding hydrogens is 261 g/mol. The Morgan fingerprint density at radius 2 is 1.89 bits per heavy atom. The average Bonchev–Trinajstić information content (AvgIpc) is 2.27. The second-order valence-electron chi connectivity index (χ2n) is 3.90. The molecule has 0 aliphatic rings. The smallest absolute Gasteiger partial charge is 0.346 e. The van der Waals surface area contributed by atoms with Gasteiger partial charge in [-0.2, -0.15) is 13.2 Å². The number of aromatic amines is 1. The number of aryl methyl sites for hydroxylation is 1. The SMILES string of the molecule is Cc1cncc(-c2cc(C(F)(F)F)cc(=S)[nH]2)c1. The Balaban J connectivity index is 2.59. The standard InChI is InChI=1S/C12H9F3N2S/c1-7-2-8(6-16-5-7)10-3-9(12(13,14)15)4-11(18)17-10/h2-6H,1H3,(H,17,18). The van der Waals surface area contributed by atoms with E-state index in [9.17, 15) is 13.2 Å². The molecule has 18 heavy (non-hydrogen) atoms. The van der Waals surface area contributed by atoms with Gasteiger partial charge in [-0.15, -0.1) is 0 Å². The van der Waals surface area contributed by atoms with Crippen LogP contribution in [0.1, 0.15) is 11.1 Å². The highest BCUT2D eigenvalue weighted by Crippen LogP contribution is 2.31. The third-order valence-corrected chi connectivity index (χ3v) is 2.58. The van der Waals surface area contributed by atoms with Crippen LogP contribution in [0.4, 0.5) is 13.2 Å². The maximum absolute atomic E-state index is 12.7. The zero-order valence-corrected chi connectivity index (χ0v) is 10.2. The fourth-order valence-corrected chi connectivity index (χ4v) is 1.80. The lowest BCUT2D eigenvalue weighted by atomic mass is 10.1. The first kappa shape index (κ1) is 12.8. The van der Waals surface area contributed by atoms with E-state index in [-0.39, 0.29) is 4.64 Å². The average molecular weight is 270 g/mol. The van der Waals surface area contributed by atoms with Crippen LogP contribution >= 0.6 is 12.2 Å². The minimum Gasteiger partial charge on any atom is -0.346 e. The summed E-state index contributed by atoms with van der Waals surface area (Å²) >= 11 is 4.81. The number of halogens is 3. The quantitative estimate of drug-likeness (QED) is 0.789. The van der Waals surface area contributed by atoms with Crippen LogP contribution in [-0.2, 0) is 6.18 Å². The molecule has 0 spiro atoms. The molecule has 2 aromatic rings. The molecule has 1 N–H and O–H groups in total. The molecule has 0 fully saturated rings. The molecule has 0 saturated heterocycles. The van der Waals surface area contributed by atoms with Crippen LogP contribution in [0, 0.1) is 11.6 Å². The summed E-state index contributed by atoms with van der Waals surface area (Å²) in [6.45, 7) is 1.82. The second kappa shape index (κ2) is 4.53. The Labute approximate surface area is 107 Å². The molecule has 0 aromatic carbocycles. The summed E-state index contributed by atoms with van der Waals surface area (Å²) < 4.78 is 38.0. The molecule has 2 rings (SSSR count). The number of hydrogen-bond donors (Lipinski definition) is 1. The zero-order chi connectivity index (χ0) is 13.3. The van der Waals surface area contributed by atoms with E-state index in [1.54, 1.807) is 12.3 Å². The monoisotopic (exact) mass is 270 g/mol. The summed E-state index contributed by atoms with van der Waals surface area (Å²) in [6.07, 6.45) is -1.28. The van der Waals surface area contributed by atoms with Gasteiger partial charge < -0.3 is 4.98 Å². The number of pyridine rings is 2. The van der Waals surface area contributed by atoms with Crippen molar-refractivity contribution in [3.05, 3.63) is 46.4 Å². The minimum absolute atomic E-state index is 0.0429. The van der Waals surface area contributed by atoms with Crippen molar-refractivity contribution in [3.8, 4) is 11.3 Å². The van der Waals surface area contributed by atoms with E-state index in [1.165, 1.54) is 6.20 Å². The Kier molecular flexibility index (Phi) is 3.21. The summed E-state index contributed by atoms with van der Waals surface area (Å²) in [5.41, 5.74) is 0.991. The summed E-state index contributed by atoms with van der Waals surface area (Å²) in [7, 11) is 0. The lowest BCUT2D eigenvalue weighted by Crippen LogP contribution is -2.05. The van der Waals surface area contributed by atoms with Crippen molar-refractivity contribution in [1.82, 2.24) is 9.97 Å². The van der Waals surface area contributed by atoms with E-state index in [2.05, 4.69) is 9.97 Å². The Hall–Kier alpha value is -1.69. The van der Waals surface area contributed by atoms with Crippen LogP contribution in [0.25, 0.3) is 11.3 Å². The normalized spacial score (nSPS) is 11.6. The third-order valence-electron chi connectivity index (χ3n) is 2.36. The molecule has 6 heteroatoms. The molecule has 2 heterocycles. The number of aromatic nitrogens is 2. The van der Waals surface area contributed by atoms with Gasteiger partial charge in [0.15, 0.2) is 0 Å². The van der Waals surface area contributed by atoms with Crippen LogP contribution in [0.3, 0.4) is 0 Å². The molecule has 0 aliphatic carbocycles. The van der Waals surface area contributed by atoms with Gasteiger partial charge in [-0.1, -0.05) is 12.2 Å². The first-order chi connectivity index (χ1) is 8.36. The highest BCUT2D eigenvalue weighted by Gasteiger charge is 2.31. The van der Waals surface area contributed by atoms with Gasteiger partial charge in [-0.05, 0) is 30.7 Å². The second-order valence-corrected chi connectivity index (χ2v) is 4.34. The molecule has 2 aromatic heterocycles. The number of H-pyrrole nitrogens is 1. The molecular formula is C12H9F3N2S. The van der Waals surface area contributed by atoms with Crippen molar-refractivity contribution < 1.29 is 13.2 Å². The zero-order valence-electron chi connectivity index (χ0n) is 9.38. The van der Waals surface area contributed by atoms with Crippen molar-refractivity contribution in [2.75, 3.05) is 0 Å². The summed E-state index contributed by atoms with van der Waals surface area (Å²) in [6, 6.07) is 3.68. The van der Waals surface area contributed by atoms with Crippen LogP contribution in [0.15, 0.2) is 30.6 Å². The number of hydrogen-bond acceptors (Lipinski definition) is 2. The van der Waals surface area contributed by atoms with Gasteiger partial charge in [0.25, 0.3) is 0 Å². The van der Waals surface area contributed by atoms with E-state index in [0.717, 1.165) is 17.7 Å². The lowest BCUT2D eigenvalue weighted by molar-refractivity contribution is -0.137.